The zero-order valence-corrected chi connectivity index (χ0v) is 15.5. The number of nitrogens with zero attached hydrogens (tertiary/aromatic N) is 2. The van der Waals surface area contributed by atoms with Crippen LogP contribution in [0.2, 0.25) is 0 Å². The molecule has 1 aromatic heterocycles. The van der Waals surface area contributed by atoms with Crippen molar-refractivity contribution in [2.75, 3.05) is 33.4 Å². The third-order valence-electron chi connectivity index (χ3n) is 6.64. The zero-order valence-electron chi connectivity index (χ0n) is 15.5. The normalized spacial score (nSPS) is 26.5. The average Bonchev–Trinajstić information content (AvgIpc) is 3.28. The number of likely N-dealkylation sites (tertiary alicyclic amines) is 2. The highest BCUT2D eigenvalue weighted by Crippen LogP contribution is 2.41. The molecule has 1 atom stereocenters. The van der Waals surface area contributed by atoms with Crippen molar-refractivity contribution >= 4 is 5.91 Å². The van der Waals surface area contributed by atoms with E-state index in [-0.39, 0.29) is 11.4 Å². The summed E-state index contributed by atoms with van der Waals surface area (Å²) in [6.45, 7) is 5.38. The van der Waals surface area contributed by atoms with Gasteiger partial charge in [0.1, 0.15) is 0 Å². The van der Waals surface area contributed by atoms with Crippen molar-refractivity contribution in [1.82, 2.24) is 9.80 Å². The first-order valence-corrected chi connectivity index (χ1v) is 9.73. The second-order valence-corrected chi connectivity index (χ2v) is 8.23. The summed E-state index contributed by atoms with van der Waals surface area (Å²) >= 11 is 0. The van der Waals surface area contributed by atoms with Crippen LogP contribution in [-0.2, 0) is 4.74 Å². The molecule has 3 fully saturated rings. The molecular formula is C20H30N2O3. The van der Waals surface area contributed by atoms with Crippen molar-refractivity contribution in [3.8, 4) is 0 Å². The first-order valence-electron chi connectivity index (χ1n) is 9.73. The summed E-state index contributed by atoms with van der Waals surface area (Å²) in [5.41, 5.74) is 1.18. The maximum Gasteiger partial charge on any atom is 0.289 e. The summed E-state index contributed by atoms with van der Waals surface area (Å²) in [6, 6.07) is 2.39. The monoisotopic (exact) mass is 346 g/mol. The van der Waals surface area contributed by atoms with Gasteiger partial charge in [-0.05, 0) is 64.5 Å². The Morgan fingerprint density at radius 1 is 1.24 bits per heavy atom. The molecule has 1 saturated carbocycles. The Morgan fingerprint density at radius 3 is 2.64 bits per heavy atom. The second-order valence-electron chi connectivity index (χ2n) is 8.23. The van der Waals surface area contributed by atoms with Gasteiger partial charge in [-0.1, -0.05) is 0 Å². The number of piperidine rings is 1. The van der Waals surface area contributed by atoms with E-state index in [1.807, 2.05) is 17.9 Å². The Balaban J connectivity index is 1.31. The lowest BCUT2D eigenvalue weighted by molar-refractivity contribution is 0.0164. The highest BCUT2D eigenvalue weighted by molar-refractivity contribution is 5.92. The van der Waals surface area contributed by atoms with Crippen LogP contribution in [-0.4, -0.2) is 60.6 Å². The second kappa shape index (κ2) is 6.76. The zero-order chi connectivity index (χ0) is 17.4. The summed E-state index contributed by atoms with van der Waals surface area (Å²) in [5.74, 6) is 1.38. The van der Waals surface area contributed by atoms with Gasteiger partial charge in [0, 0.05) is 36.8 Å². The molecule has 2 saturated heterocycles. The SMILES string of the molecule is Cc1ccoc1C(=O)N1CCC2(CC[C@@H](COCC3CC3)N2C)CC1. The molecule has 1 aromatic rings. The number of aryl methyl sites for hydroxylation is 1. The molecule has 1 amide bonds. The minimum absolute atomic E-state index is 0.0438. The number of rotatable bonds is 5. The molecule has 0 N–H and O–H groups in total. The molecule has 0 aromatic carbocycles. The highest BCUT2D eigenvalue weighted by atomic mass is 16.5. The Kier molecular flexibility index (Phi) is 4.63. The number of furan rings is 1. The Bertz CT molecular complexity index is 614. The van der Waals surface area contributed by atoms with Gasteiger partial charge in [-0.25, -0.2) is 0 Å². The van der Waals surface area contributed by atoms with E-state index in [0.717, 1.165) is 50.6 Å². The first kappa shape index (κ1) is 17.1. The van der Waals surface area contributed by atoms with E-state index in [1.165, 1.54) is 25.7 Å². The fourth-order valence-corrected chi connectivity index (χ4v) is 4.51. The number of amides is 1. The summed E-state index contributed by atoms with van der Waals surface area (Å²) in [6.07, 6.45) is 8.84. The van der Waals surface area contributed by atoms with Gasteiger partial charge < -0.3 is 14.1 Å². The van der Waals surface area contributed by atoms with Crippen LogP contribution in [0.15, 0.2) is 16.7 Å². The molecule has 4 rings (SSSR count). The number of hydrogen-bond donors (Lipinski definition) is 0. The van der Waals surface area contributed by atoms with Crippen LogP contribution in [0.3, 0.4) is 0 Å². The number of carbonyl (C=O) groups is 1. The van der Waals surface area contributed by atoms with E-state index in [2.05, 4.69) is 11.9 Å². The Hall–Kier alpha value is -1.33. The number of hydrogen-bond acceptors (Lipinski definition) is 4. The van der Waals surface area contributed by atoms with E-state index in [9.17, 15) is 4.79 Å². The maximum atomic E-state index is 12.6. The molecule has 0 radical (unpaired) electrons. The molecule has 5 nitrogen and oxygen atoms in total. The molecule has 2 aliphatic heterocycles. The standard InChI is InChI=1S/C20H30N2O3/c1-15-6-12-25-18(15)19(23)22-10-8-20(9-11-22)7-5-17(21(20)2)14-24-13-16-3-4-16/h6,12,16-17H,3-5,7-11,13-14H2,1-2H3/t17-/m0/s1. The van der Waals surface area contributed by atoms with Crippen LogP contribution in [0.25, 0.3) is 0 Å². The third-order valence-corrected chi connectivity index (χ3v) is 6.64. The average molecular weight is 346 g/mol. The first-order chi connectivity index (χ1) is 12.1. The fourth-order valence-electron chi connectivity index (χ4n) is 4.51. The van der Waals surface area contributed by atoms with Crippen LogP contribution in [0.4, 0.5) is 0 Å². The summed E-state index contributed by atoms with van der Waals surface area (Å²) in [4.78, 5) is 17.2. The topological polar surface area (TPSA) is 45.9 Å². The molecule has 138 valence electrons. The van der Waals surface area contributed by atoms with Gasteiger partial charge >= 0.3 is 0 Å². The van der Waals surface area contributed by atoms with Crippen molar-refractivity contribution < 1.29 is 13.9 Å². The van der Waals surface area contributed by atoms with Gasteiger partial charge in [0.05, 0.1) is 12.9 Å². The van der Waals surface area contributed by atoms with Crippen LogP contribution in [0.1, 0.15) is 54.6 Å². The lowest BCUT2D eigenvalue weighted by Crippen LogP contribution is -2.54. The number of ether oxygens (including phenoxy) is 1. The predicted molar refractivity (Wildman–Crippen MR) is 95.6 cm³/mol. The summed E-state index contributed by atoms with van der Waals surface area (Å²) in [5, 5.41) is 0. The van der Waals surface area contributed by atoms with Gasteiger partial charge in [-0.15, -0.1) is 0 Å². The summed E-state index contributed by atoms with van der Waals surface area (Å²) < 4.78 is 11.3. The fraction of sp³-hybridized carbons (Fsp3) is 0.750. The molecule has 0 unspecified atom stereocenters. The molecule has 1 spiro atoms. The Morgan fingerprint density at radius 2 is 2.00 bits per heavy atom. The van der Waals surface area contributed by atoms with Crippen molar-refractivity contribution in [3.05, 3.63) is 23.7 Å². The van der Waals surface area contributed by atoms with Crippen LogP contribution in [0, 0.1) is 12.8 Å². The minimum Gasteiger partial charge on any atom is -0.459 e. The Labute approximate surface area is 150 Å². The van der Waals surface area contributed by atoms with Crippen LogP contribution < -0.4 is 0 Å². The van der Waals surface area contributed by atoms with Crippen molar-refractivity contribution in [2.45, 2.75) is 57.0 Å². The molecule has 3 heterocycles. The van der Waals surface area contributed by atoms with Gasteiger partial charge in [0.15, 0.2) is 5.76 Å². The van der Waals surface area contributed by atoms with Crippen molar-refractivity contribution in [3.63, 3.8) is 0 Å². The smallest absolute Gasteiger partial charge is 0.289 e. The third kappa shape index (κ3) is 3.36. The molecule has 25 heavy (non-hydrogen) atoms. The van der Waals surface area contributed by atoms with Crippen molar-refractivity contribution in [2.24, 2.45) is 5.92 Å². The van der Waals surface area contributed by atoms with E-state index in [1.54, 1.807) is 6.26 Å². The van der Waals surface area contributed by atoms with E-state index >= 15 is 0 Å². The van der Waals surface area contributed by atoms with Crippen LogP contribution in [0.5, 0.6) is 0 Å². The number of likely N-dealkylation sites (N-methyl/N-ethyl adjacent to an activating group) is 1. The molecule has 5 heteroatoms. The molecular weight excluding hydrogens is 316 g/mol. The molecule has 3 aliphatic rings. The van der Waals surface area contributed by atoms with Gasteiger partial charge in [0.25, 0.3) is 5.91 Å². The lowest BCUT2D eigenvalue weighted by Gasteiger charge is -2.44. The molecule has 1 aliphatic carbocycles. The highest BCUT2D eigenvalue weighted by Gasteiger charge is 2.46. The van der Waals surface area contributed by atoms with E-state index < -0.39 is 0 Å². The quantitative estimate of drug-likeness (QED) is 0.822. The van der Waals surface area contributed by atoms with Gasteiger partial charge in [-0.2, -0.15) is 0 Å². The summed E-state index contributed by atoms with van der Waals surface area (Å²) in [7, 11) is 2.26. The van der Waals surface area contributed by atoms with Crippen molar-refractivity contribution in [1.29, 1.82) is 0 Å². The minimum atomic E-state index is 0.0438. The predicted octanol–water partition coefficient (Wildman–Crippen LogP) is 3.08. The van der Waals surface area contributed by atoms with E-state index in [4.69, 9.17) is 9.15 Å². The lowest BCUT2D eigenvalue weighted by atomic mass is 9.85. The maximum absolute atomic E-state index is 12.6. The van der Waals surface area contributed by atoms with Gasteiger partial charge in [-0.3, -0.25) is 9.69 Å². The van der Waals surface area contributed by atoms with Crippen LogP contribution >= 0.6 is 0 Å². The van der Waals surface area contributed by atoms with Gasteiger partial charge in [0.2, 0.25) is 0 Å². The van der Waals surface area contributed by atoms with E-state index in [0.29, 0.717) is 11.8 Å². The molecule has 0 bridgehead atoms. The largest absolute Gasteiger partial charge is 0.459 e. The number of carbonyl (C=O) groups excluding carboxylic acids is 1.